The number of nitrogens with zero attached hydrogens (tertiary/aromatic N) is 1. The molecule has 1 heterocycles. The van der Waals surface area contributed by atoms with Crippen LogP contribution in [0.2, 0.25) is 0 Å². The van der Waals surface area contributed by atoms with Gasteiger partial charge >= 0.3 is 0 Å². The van der Waals surface area contributed by atoms with E-state index in [0.717, 1.165) is 13.0 Å². The van der Waals surface area contributed by atoms with Crippen LogP contribution in [-0.4, -0.2) is 4.57 Å². The maximum absolute atomic E-state index is 3.44. The second kappa shape index (κ2) is 5.58. The Kier molecular flexibility index (Phi) is 3.86. The van der Waals surface area contributed by atoms with Gasteiger partial charge in [0.2, 0.25) is 0 Å². The minimum Gasteiger partial charge on any atom is -0.379 e. The van der Waals surface area contributed by atoms with Gasteiger partial charge in [0.1, 0.15) is 0 Å². The first-order valence-corrected chi connectivity index (χ1v) is 6.22. The van der Waals surface area contributed by atoms with E-state index in [1.54, 1.807) is 0 Å². The highest BCUT2D eigenvalue weighted by Crippen LogP contribution is 2.12. The summed E-state index contributed by atoms with van der Waals surface area (Å²) in [5.74, 6) is 0. The molecule has 0 fully saturated rings. The molecule has 0 aliphatic rings. The van der Waals surface area contributed by atoms with E-state index < -0.39 is 0 Å². The third-order valence-electron chi connectivity index (χ3n) is 3.02. The van der Waals surface area contributed by atoms with E-state index in [-0.39, 0.29) is 0 Å². The summed E-state index contributed by atoms with van der Waals surface area (Å²) in [5, 5.41) is 3.44. The molecular weight excluding hydrogens is 208 g/mol. The summed E-state index contributed by atoms with van der Waals surface area (Å²) in [4.78, 5) is 0. The third-order valence-corrected chi connectivity index (χ3v) is 3.02. The fraction of sp³-hybridized carbons (Fsp3) is 0.333. The number of aryl methyl sites for hydroxylation is 2. The van der Waals surface area contributed by atoms with Gasteiger partial charge in [-0.3, -0.25) is 0 Å². The number of hydrogen-bond donors (Lipinski definition) is 1. The molecule has 1 aromatic heterocycles. The fourth-order valence-electron chi connectivity index (χ4n) is 1.95. The topological polar surface area (TPSA) is 17.0 Å². The Balaban J connectivity index is 1.93. The van der Waals surface area contributed by atoms with Crippen molar-refractivity contribution in [3.8, 4) is 0 Å². The summed E-state index contributed by atoms with van der Waals surface area (Å²) >= 11 is 0. The minimum atomic E-state index is 0.872. The van der Waals surface area contributed by atoms with E-state index in [9.17, 15) is 0 Å². The van der Waals surface area contributed by atoms with E-state index in [0.29, 0.717) is 0 Å². The highest BCUT2D eigenvalue weighted by Gasteiger charge is 1.97. The molecule has 0 saturated heterocycles. The molecule has 0 atom stereocenters. The molecule has 17 heavy (non-hydrogen) atoms. The van der Waals surface area contributed by atoms with Crippen LogP contribution in [0.4, 0.5) is 5.69 Å². The van der Waals surface area contributed by atoms with E-state index in [1.807, 2.05) is 0 Å². The average Bonchev–Trinajstić information content (AvgIpc) is 2.75. The first-order valence-electron chi connectivity index (χ1n) is 6.22. The summed E-state index contributed by atoms with van der Waals surface area (Å²) in [5.41, 5.74) is 3.89. The van der Waals surface area contributed by atoms with Crippen LogP contribution in [0.3, 0.4) is 0 Å². The zero-order chi connectivity index (χ0) is 12.1. The van der Waals surface area contributed by atoms with Crippen LogP contribution in [0, 0.1) is 0 Å². The molecule has 2 nitrogen and oxygen atoms in total. The van der Waals surface area contributed by atoms with Crippen molar-refractivity contribution in [2.75, 3.05) is 5.32 Å². The maximum Gasteiger partial charge on any atom is 0.0553 e. The van der Waals surface area contributed by atoms with Gasteiger partial charge in [0.15, 0.2) is 0 Å². The number of rotatable bonds is 5. The van der Waals surface area contributed by atoms with Gasteiger partial charge in [0, 0.05) is 24.6 Å². The molecule has 1 N–H and O–H groups in total. The molecule has 0 aliphatic carbocycles. The monoisotopic (exact) mass is 228 g/mol. The predicted octanol–water partition coefficient (Wildman–Crippen LogP) is 3.59. The van der Waals surface area contributed by atoms with Crippen molar-refractivity contribution >= 4 is 5.69 Å². The molecule has 0 saturated carbocycles. The second-order valence-electron chi connectivity index (χ2n) is 4.41. The van der Waals surface area contributed by atoms with Crippen LogP contribution in [0.1, 0.15) is 24.6 Å². The van der Waals surface area contributed by atoms with Crippen LogP contribution in [0.25, 0.3) is 0 Å². The third kappa shape index (κ3) is 3.13. The van der Waals surface area contributed by atoms with Crippen molar-refractivity contribution < 1.29 is 0 Å². The van der Waals surface area contributed by atoms with Crippen molar-refractivity contribution in [1.29, 1.82) is 0 Å². The molecular formula is C15H20N2. The van der Waals surface area contributed by atoms with Crippen molar-refractivity contribution in [2.24, 2.45) is 7.05 Å². The van der Waals surface area contributed by atoms with E-state index in [4.69, 9.17) is 0 Å². The lowest BCUT2D eigenvalue weighted by Gasteiger charge is -2.08. The molecule has 2 rings (SSSR count). The second-order valence-corrected chi connectivity index (χ2v) is 4.41. The van der Waals surface area contributed by atoms with Gasteiger partial charge in [-0.2, -0.15) is 0 Å². The summed E-state index contributed by atoms with van der Waals surface area (Å²) in [6.07, 6.45) is 4.44. The van der Waals surface area contributed by atoms with Gasteiger partial charge < -0.3 is 9.88 Å². The molecule has 0 unspecified atom stereocenters. The van der Waals surface area contributed by atoms with Gasteiger partial charge in [0.25, 0.3) is 0 Å². The van der Waals surface area contributed by atoms with Crippen LogP contribution in [0.15, 0.2) is 42.6 Å². The lowest BCUT2D eigenvalue weighted by Crippen LogP contribution is -2.03. The van der Waals surface area contributed by atoms with E-state index in [2.05, 4.69) is 66.5 Å². The van der Waals surface area contributed by atoms with Gasteiger partial charge in [-0.25, -0.2) is 0 Å². The Hall–Kier alpha value is -1.70. The molecule has 2 aromatic rings. The first-order chi connectivity index (χ1) is 8.29. The first kappa shape index (κ1) is 11.8. The highest BCUT2D eigenvalue weighted by atomic mass is 15.0. The molecule has 2 heteroatoms. The zero-order valence-corrected chi connectivity index (χ0v) is 10.6. The Morgan fingerprint density at radius 2 is 1.88 bits per heavy atom. The summed E-state index contributed by atoms with van der Waals surface area (Å²) in [6.45, 7) is 3.08. The number of nitrogens with one attached hydrogen (secondary N) is 1. The number of aromatic nitrogens is 1. The molecule has 0 spiro atoms. The molecule has 0 bridgehead atoms. The number of hydrogen-bond acceptors (Lipinski definition) is 1. The molecule has 0 radical (unpaired) electrons. The predicted molar refractivity (Wildman–Crippen MR) is 73.2 cm³/mol. The SMILES string of the molecule is CCCc1ccc(NCc2cccn2C)cc1. The van der Waals surface area contributed by atoms with Crippen LogP contribution < -0.4 is 5.32 Å². The summed E-state index contributed by atoms with van der Waals surface area (Å²) in [6, 6.07) is 12.9. The van der Waals surface area contributed by atoms with Crippen molar-refractivity contribution in [3.63, 3.8) is 0 Å². The lowest BCUT2D eigenvalue weighted by atomic mass is 10.1. The van der Waals surface area contributed by atoms with E-state index >= 15 is 0 Å². The highest BCUT2D eigenvalue weighted by molar-refractivity contribution is 5.44. The van der Waals surface area contributed by atoms with Gasteiger partial charge in [-0.05, 0) is 36.2 Å². The smallest absolute Gasteiger partial charge is 0.0553 e. The van der Waals surface area contributed by atoms with Gasteiger partial charge in [-0.1, -0.05) is 25.5 Å². The maximum atomic E-state index is 3.44. The Labute approximate surface area is 103 Å². The van der Waals surface area contributed by atoms with Crippen LogP contribution >= 0.6 is 0 Å². The minimum absolute atomic E-state index is 0.872. The van der Waals surface area contributed by atoms with E-state index in [1.165, 1.54) is 23.4 Å². The molecule has 0 amide bonds. The van der Waals surface area contributed by atoms with Crippen molar-refractivity contribution in [1.82, 2.24) is 4.57 Å². The van der Waals surface area contributed by atoms with Gasteiger partial charge in [-0.15, -0.1) is 0 Å². The summed E-state index contributed by atoms with van der Waals surface area (Å²) in [7, 11) is 2.07. The average molecular weight is 228 g/mol. The standard InChI is InChI=1S/C15H20N2/c1-3-5-13-7-9-14(10-8-13)16-12-15-6-4-11-17(15)2/h4,6-11,16H,3,5,12H2,1-2H3. The Morgan fingerprint density at radius 3 is 2.47 bits per heavy atom. The fourth-order valence-corrected chi connectivity index (χ4v) is 1.95. The largest absolute Gasteiger partial charge is 0.379 e. The number of anilines is 1. The molecule has 1 aromatic carbocycles. The zero-order valence-electron chi connectivity index (χ0n) is 10.6. The normalized spacial score (nSPS) is 10.5. The van der Waals surface area contributed by atoms with Crippen molar-refractivity contribution in [3.05, 3.63) is 53.9 Å². The molecule has 0 aliphatic heterocycles. The lowest BCUT2D eigenvalue weighted by molar-refractivity contribution is 0.842. The quantitative estimate of drug-likeness (QED) is 0.827. The van der Waals surface area contributed by atoms with Crippen LogP contribution in [-0.2, 0) is 20.0 Å². The van der Waals surface area contributed by atoms with Crippen LogP contribution in [0.5, 0.6) is 0 Å². The Bertz CT molecular complexity index is 454. The number of benzene rings is 1. The summed E-state index contributed by atoms with van der Waals surface area (Å²) < 4.78 is 2.14. The Morgan fingerprint density at radius 1 is 1.12 bits per heavy atom. The van der Waals surface area contributed by atoms with Gasteiger partial charge in [0.05, 0.1) is 6.54 Å². The molecule has 90 valence electrons. The van der Waals surface area contributed by atoms with Crippen molar-refractivity contribution in [2.45, 2.75) is 26.3 Å².